The number of aryl methyl sites for hydroxylation is 1. The third kappa shape index (κ3) is 5.97. The minimum Gasteiger partial charge on any atom is -0.491 e. The van der Waals surface area contributed by atoms with Gasteiger partial charge in [-0.05, 0) is 65.2 Å². The molecule has 0 aliphatic carbocycles. The Bertz CT molecular complexity index is 917. The summed E-state index contributed by atoms with van der Waals surface area (Å²) in [5.41, 5.74) is 0.898. The molecule has 2 heterocycles. The lowest BCUT2D eigenvalue weighted by Gasteiger charge is -2.29. The Hall–Kier alpha value is -1.06. The Kier molecular flexibility index (Phi) is 7.09. The first kappa shape index (κ1) is 21.6. The van der Waals surface area contributed by atoms with Gasteiger partial charge in [-0.1, -0.05) is 11.6 Å². The Morgan fingerprint density at radius 2 is 2.18 bits per heavy atom. The van der Waals surface area contributed by atoms with Crippen molar-refractivity contribution in [2.24, 2.45) is 0 Å². The number of hydrogen-bond acceptors (Lipinski definition) is 6. The van der Waals surface area contributed by atoms with E-state index in [1.807, 2.05) is 24.0 Å². The van der Waals surface area contributed by atoms with Crippen LogP contribution in [-0.4, -0.2) is 55.2 Å². The molecule has 2 aromatic rings. The van der Waals surface area contributed by atoms with Crippen molar-refractivity contribution in [2.45, 2.75) is 32.0 Å². The predicted molar refractivity (Wildman–Crippen MR) is 112 cm³/mol. The fraction of sp³-hybridized carbons (Fsp3) is 0.474. The average molecular weight is 493 g/mol. The van der Waals surface area contributed by atoms with E-state index < -0.39 is 15.9 Å². The third-order valence-electron chi connectivity index (χ3n) is 4.73. The monoisotopic (exact) mass is 491 g/mol. The molecule has 1 N–H and O–H groups in total. The van der Waals surface area contributed by atoms with Crippen molar-refractivity contribution in [1.82, 2.24) is 4.90 Å². The largest absolute Gasteiger partial charge is 0.491 e. The van der Waals surface area contributed by atoms with Crippen molar-refractivity contribution >= 4 is 37.4 Å². The van der Waals surface area contributed by atoms with Crippen LogP contribution < -0.4 is 4.74 Å². The highest BCUT2D eigenvalue weighted by Gasteiger charge is 2.33. The molecule has 2 unspecified atom stereocenters. The summed E-state index contributed by atoms with van der Waals surface area (Å²) in [6, 6.07) is 8.80. The minimum absolute atomic E-state index is 0.0961. The molecule has 0 amide bonds. The lowest BCUT2D eigenvalue weighted by molar-refractivity contribution is 0.0496. The van der Waals surface area contributed by atoms with Crippen LogP contribution in [-0.2, 0) is 16.4 Å². The second-order valence-electron chi connectivity index (χ2n) is 7.07. The van der Waals surface area contributed by atoms with E-state index in [0.717, 1.165) is 5.56 Å². The zero-order chi connectivity index (χ0) is 20.3. The molecule has 1 aromatic carbocycles. The quantitative estimate of drug-likeness (QED) is 0.608. The second-order valence-corrected chi connectivity index (χ2v) is 10.5. The first-order valence-corrected chi connectivity index (χ1v) is 12.0. The molecular formula is C19H23BrClNO5S. The van der Waals surface area contributed by atoms with Crippen LogP contribution in [0.4, 0.5) is 0 Å². The van der Waals surface area contributed by atoms with E-state index in [0.29, 0.717) is 34.2 Å². The summed E-state index contributed by atoms with van der Waals surface area (Å²) in [5.74, 6) is 1.61. The van der Waals surface area contributed by atoms with Gasteiger partial charge in [0.2, 0.25) is 0 Å². The van der Waals surface area contributed by atoms with Crippen LogP contribution in [0.5, 0.6) is 5.75 Å². The van der Waals surface area contributed by atoms with E-state index in [4.69, 9.17) is 20.8 Å². The molecule has 3 rings (SSSR count). The SMILES string of the molecule is Cc1cc(OCC(O)CN(Cc2ccc(Br)o2)C2CCS(=O)(=O)C2)ccc1Cl. The van der Waals surface area contributed by atoms with Crippen molar-refractivity contribution < 1.29 is 22.7 Å². The Morgan fingerprint density at radius 3 is 2.79 bits per heavy atom. The predicted octanol–water partition coefficient (Wildman–Crippen LogP) is 3.43. The summed E-state index contributed by atoms with van der Waals surface area (Å²) in [6.07, 6.45) is -0.230. The van der Waals surface area contributed by atoms with Crippen LogP contribution in [0, 0.1) is 6.92 Å². The van der Waals surface area contributed by atoms with E-state index in [1.165, 1.54) is 0 Å². The molecule has 0 radical (unpaired) electrons. The maximum Gasteiger partial charge on any atom is 0.169 e. The fourth-order valence-corrected chi connectivity index (χ4v) is 5.48. The Labute approximate surface area is 178 Å². The zero-order valence-corrected chi connectivity index (χ0v) is 18.6. The van der Waals surface area contributed by atoms with Crippen LogP contribution in [0.1, 0.15) is 17.7 Å². The molecule has 0 bridgehead atoms. The topological polar surface area (TPSA) is 80.0 Å². The van der Waals surface area contributed by atoms with Crippen molar-refractivity contribution in [2.75, 3.05) is 24.7 Å². The molecule has 2 atom stereocenters. The van der Waals surface area contributed by atoms with E-state index in [-0.39, 0.29) is 30.7 Å². The standard InChI is InChI=1S/C19H23BrClNO5S/c1-13-8-16(2-4-18(13)21)26-11-15(23)9-22(10-17-3-5-19(20)27-17)14-6-7-28(24,25)12-14/h2-5,8,14-15,23H,6-7,9-12H2,1H3. The van der Waals surface area contributed by atoms with Gasteiger partial charge in [-0.3, -0.25) is 4.90 Å². The molecule has 1 aliphatic rings. The molecule has 0 spiro atoms. The maximum atomic E-state index is 11.9. The summed E-state index contributed by atoms with van der Waals surface area (Å²) >= 11 is 9.29. The van der Waals surface area contributed by atoms with E-state index in [9.17, 15) is 13.5 Å². The van der Waals surface area contributed by atoms with Crippen molar-refractivity contribution in [3.63, 3.8) is 0 Å². The number of nitrogens with zero attached hydrogens (tertiary/aromatic N) is 1. The van der Waals surface area contributed by atoms with Gasteiger partial charge < -0.3 is 14.3 Å². The summed E-state index contributed by atoms with van der Waals surface area (Å²) in [5, 5.41) is 11.2. The maximum absolute atomic E-state index is 11.9. The van der Waals surface area contributed by atoms with Gasteiger partial charge in [0.15, 0.2) is 14.5 Å². The molecule has 6 nitrogen and oxygen atoms in total. The highest BCUT2D eigenvalue weighted by molar-refractivity contribution is 9.10. The van der Waals surface area contributed by atoms with Gasteiger partial charge in [0.25, 0.3) is 0 Å². The van der Waals surface area contributed by atoms with Crippen LogP contribution in [0.2, 0.25) is 5.02 Å². The number of halogens is 2. The lowest BCUT2D eigenvalue weighted by atomic mass is 10.2. The second kappa shape index (κ2) is 9.17. The number of hydrogen-bond donors (Lipinski definition) is 1. The average Bonchev–Trinajstić information content (AvgIpc) is 3.20. The summed E-state index contributed by atoms with van der Waals surface area (Å²) < 4.78 is 35.7. The van der Waals surface area contributed by atoms with Crippen LogP contribution in [0.3, 0.4) is 0 Å². The van der Waals surface area contributed by atoms with Crippen LogP contribution >= 0.6 is 27.5 Å². The van der Waals surface area contributed by atoms with E-state index >= 15 is 0 Å². The molecule has 1 saturated heterocycles. The van der Waals surface area contributed by atoms with Gasteiger partial charge in [0.1, 0.15) is 24.2 Å². The molecule has 9 heteroatoms. The number of aliphatic hydroxyl groups excluding tert-OH is 1. The highest BCUT2D eigenvalue weighted by atomic mass is 79.9. The molecule has 1 aromatic heterocycles. The van der Waals surface area contributed by atoms with E-state index in [2.05, 4.69) is 15.9 Å². The van der Waals surface area contributed by atoms with Gasteiger partial charge in [0, 0.05) is 17.6 Å². The van der Waals surface area contributed by atoms with Gasteiger partial charge in [-0.2, -0.15) is 0 Å². The number of furan rings is 1. The summed E-state index contributed by atoms with van der Waals surface area (Å²) in [4.78, 5) is 1.96. The molecule has 1 fully saturated rings. The number of benzene rings is 1. The molecule has 154 valence electrons. The Morgan fingerprint density at radius 1 is 1.39 bits per heavy atom. The van der Waals surface area contributed by atoms with Crippen LogP contribution in [0.15, 0.2) is 39.4 Å². The molecular weight excluding hydrogens is 470 g/mol. The summed E-state index contributed by atoms with van der Waals surface area (Å²) in [7, 11) is -3.03. The normalized spacial score (nSPS) is 19.8. The van der Waals surface area contributed by atoms with Gasteiger partial charge >= 0.3 is 0 Å². The van der Waals surface area contributed by atoms with Crippen molar-refractivity contribution in [3.05, 3.63) is 51.3 Å². The number of sulfone groups is 1. The Balaban J connectivity index is 1.63. The first-order valence-electron chi connectivity index (χ1n) is 8.97. The zero-order valence-electron chi connectivity index (χ0n) is 15.5. The van der Waals surface area contributed by atoms with Crippen molar-refractivity contribution in [1.29, 1.82) is 0 Å². The van der Waals surface area contributed by atoms with Crippen LogP contribution in [0.25, 0.3) is 0 Å². The van der Waals surface area contributed by atoms with Gasteiger partial charge in [0.05, 0.1) is 18.1 Å². The van der Waals surface area contributed by atoms with Gasteiger partial charge in [-0.15, -0.1) is 0 Å². The lowest BCUT2D eigenvalue weighted by Crippen LogP contribution is -2.42. The molecule has 0 saturated carbocycles. The van der Waals surface area contributed by atoms with E-state index in [1.54, 1.807) is 18.2 Å². The third-order valence-corrected chi connectivity index (χ3v) is 7.33. The molecule has 1 aliphatic heterocycles. The number of rotatable bonds is 8. The number of ether oxygens (including phenoxy) is 1. The van der Waals surface area contributed by atoms with Gasteiger partial charge in [-0.25, -0.2) is 8.42 Å². The molecule has 28 heavy (non-hydrogen) atoms. The fourth-order valence-electron chi connectivity index (χ4n) is 3.27. The first-order chi connectivity index (χ1) is 13.2. The van der Waals surface area contributed by atoms with Crippen molar-refractivity contribution in [3.8, 4) is 5.75 Å². The summed E-state index contributed by atoms with van der Waals surface area (Å²) in [6.45, 7) is 2.68. The highest BCUT2D eigenvalue weighted by Crippen LogP contribution is 2.24. The smallest absolute Gasteiger partial charge is 0.169 e. The number of aliphatic hydroxyl groups is 1. The minimum atomic E-state index is -3.03.